The maximum atomic E-state index is 14.1. The minimum Gasteiger partial charge on any atom is -0.480 e. The number of terminal acetylenes is 1. The smallest absolute Gasteiger partial charge is 0.338 e. The zero-order valence-electron chi connectivity index (χ0n) is 21.6. The second kappa shape index (κ2) is 10.9. The minimum absolute atomic E-state index is 0.0907. The zero-order chi connectivity index (χ0) is 27.7. The molecule has 1 atom stereocenters. The van der Waals surface area contributed by atoms with Gasteiger partial charge in [0.1, 0.15) is 18.4 Å². The van der Waals surface area contributed by atoms with Crippen LogP contribution in [0.3, 0.4) is 0 Å². The van der Waals surface area contributed by atoms with Gasteiger partial charge in [-0.3, -0.25) is 9.36 Å². The van der Waals surface area contributed by atoms with E-state index < -0.39 is 12.0 Å². The van der Waals surface area contributed by atoms with Crippen molar-refractivity contribution in [1.29, 1.82) is 0 Å². The minimum atomic E-state index is -0.798. The Bertz CT molecular complexity index is 1860. The molecule has 0 bridgehead atoms. The van der Waals surface area contributed by atoms with Gasteiger partial charge in [-0.1, -0.05) is 77.4 Å². The Labute approximate surface area is 234 Å². The van der Waals surface area contributed by atoms with E-state index in [0.29, 0.717) is 31.4 Å². The normalized spacial score (nSPS) is 15.2. The van der Waals surface area contributed by atoms with Crippen LogP contribution in [0.5, 0.6) is 5.75 Å². The number of ether oxygens (including phenoxy) is 2. The third kappa shape index (κ3) is 5.01. The molecule has 1 aliphatic rings. The summed E-state index contributed by atoms with van der Waals surface area (Å²) >= 11 is 7.85. The van der Waals surface area contributed by atoms with Crippen LogP contribution in [0, 0.1) is 12.3 Å². The van der Waals surface area contributed by atoms with Crippen molar-refractivity contribution in [3.8, 4) is 18.1 Å². The molecule has 0 amide bonds. The highest BCUT2D eigenvalue weighted by molar-refractivity contribution is 7.07. The van der Waals surface area contributed by atoms with E-state index in [4.69, 9.17) is 27.5 Å². The number of rotatable bonds is 6. The molecule has 8 heteroatoms. The summed E-state index contributed by atoms with van der Waals surface area (Å²) in [4.78, 5) is 32.5. The molecule has 5 rings (SSSR count). The molecule has 0 spiro atoms. The van der Waals surface area contributed by atoms with E-state index in [-0.39, 0.29) is 23.8 Å². The number of esters is 1. The molecule has 0 aliphatic carbocycles. The van der Waals surface area contributed by atoms with Crippen LogP contribution in [0.15, 0.2) is 81.7 Å². The fraction of sp³-hybridized carbons (Fsp3) is 0.194. The molecule has 1 unspecified atom stereocenters. The molecule has 3 aromatic carbocycles. The number of halogens is 1. The third-order valence-electron chi connectivity index (χ3n) is 6.30. The van der Waals surface area contributed by atoms with E-state index in [0.717, 1.165) is 16.3 Å². The molecule has 4 aromatic rings. The number of benzene rings is 3. The molecule has 196 valence electrons. The predicted molar refractivity (Wildman–Crippen MR) is 155 cm³/mol. The highest BCUT2D eigenvalue weighted by Crippen LogP contribution is 2.35. The number of nitrogens with zero attached hydrogens (tertiary/aromatic N) is 2. The van der Waals surface area contributed by atoms with Gasteiger partial charge in [0.05, 0.1) is 21.9 Å². The maximum absolute atomic E-state index is 14.1. The molecule has 2 heterocycles. The van der Waals surface area contributed by atoms with Crippen LogP contribution in [0.4, 0.5) is 0 Å². The first-order valence-corrected chi connectivity index (χ1v) is 13.6. The summed E-state index contributed by atoms with van der Waals surface area (Å²) in [5.74, 6) is 2.52. The van der Waals surface area contributed by atoms with Gasteiger partial charge >= 0.3 is 5.97 Å². The predicted octanol–water partition coefficient (Wildman–Crippen LogP) is 5.01. The van der Waals surface area contributed by atoms with Crippen molar-refractivity contribution in [1.82, 2.24) is 4.57 Å². The number of hydrogen-bond acceptors (Lipinski definition) is 6. The summed E-state index contributed by atoms with van der Waals surface area (Å²) in [6, 6.07) is 18.0. The number of carbonyl (C=O) groups excluding carboxylic acids is 1. The number of thiazole rings is 1. The fourth-order valence-electron chi connectivity index (χ4n) is 4.65. The number of fused-ring (bicyclic) bond motifs is 2. The molecule has 1 aliphatic heterocycles. The highest BCUT2D eigenvalue weighted by atomic mass is 35.5. The number of allylic oxidation sites excluding steroid dienone is 1. The van der Waals surface area contributed by atoms with Crippen molar-refractivity contribution in [2.24, 2.45) is 4.99 Å². The fourth-order valence-corrected chi connectivity index (χ4v) is 5.92. The van der Waals surface area contributed by atoms with Gasteiger partial charge in [0.15, 0.2) is 4.80 Å². The largest absolute Gasteiger partial charge is 0.480 e. The molecule has 0 saturated heterocycles. The summed E-state index contributed by atoms with van der Waals surface area (Å²) in [6.07, 6.45) is 6.90. The molecule has 0 fully saturated rings. The van der Waals surface area contributed by atoms with Gasteiger partial charge in [-0.15, -0.1) is 6.42 Å². The second-order valence-corrected chi connectivity index (χ2v) is 10.7. The van der Waals surface area contributed by atoms with Crippen LogP contribution in [0.25, 0.3) is 16.8 Å². The lowest BCUT2D eigenvalue weighted by molar-refractivity contribution is -0.143. The van der Waals surface area contributed by atoms with E-state index in [1.165, 1.54) is 15.9 Å². The summed E-state index contributed by atoms with van der Waals surface area (Å²) in [5, 5.41) is 2.34. The van der Waals surface area contributed by atoms with Gasteiger partial charge in [0.25, 0.3) is 5.56 Å². The van der Waals surface area contributed by atoms with Crippen LogP contribution >= 0.6 is 22.9 Å². The number of hydrogen-bond donors (Lipinski definition) is 0. The number of aromatic nitrogens is 1. The standard InChI is InChI=1S/C31H25ClN2O4S/c1-5-16-37-25-15-14-20-10-6-7-11-21(20)23(25)17-26-29(35)34-28(22-12-8-9-13-24(22)32)27(30(36)38-18(2)3)19(4)33-31(34)39-26/h1,6-15,17-18,28H,16H2,2-4H3. The number of carbonyl (C=O) groups is 1. The van der Waals surface area contributed by atoms with Crippen LogP contribution in [0.2, 0.25) is 5.02 Å². The average molecular weight is 557 g/mol. The van der Waals surface area contributed by atoms with Crippen molar-refractivity contribution in [3.63, 3.8) is 0 Å². The Balaban J connectivity index is 1.78. The van der Waals surface area contributed by atoms with Crippen molar-refractivity contribution in [3.05, 3.63) is 108 Å². The Morgan fingerprint density at radius 2 is 1.92 bits per heavy atom. The average Bonchev–Trinajstić information content (AvgIpc) is 3.21. The van der Waals surface area contributed by atoms with E-state index in [9.17, 15) is 9.59 Å². The molecular formula is C31H25ClN2O4S. The Morgan fingerprint density at radius 1 is 1.18 bits per heavy atom. The van der Waals surface area contributed by atoms with Crippen molar-refractivity contribution in [2.45, 2.75) is 32.9 Å². The third-order valence-corrected chi connectivity index (χ3v) is 7.63. The van der Waals surface area contributed by atoms with Gasteiger partial charge in [-0.05, 0) is 55.3 Å². The van der Waals surface area contributed by atoms with E-state index in [1.807, 2.05) is 48.5 Å². The first-order chi connectivity index (χ1) is 18.8. The topological polar surface area (TPSA) is 69.9 Å². The van der Waals surface area contributed by atoms with Crippen LogP contribution < -0.4 is 19.6 Å². The van der Waals surface area contributed by atoms with Gasteiger partial charge in [0, 0.05) is 10.6 Å². The molecular weight excluding hydrogens is 532 g/mol. The Morgan fingerprint density at radius 3 is 2.67 bits per heavy atom. The lowest BCUT2D eigenvalue weighted by Gasteiger charge is -2.26. The molecule has 6 nitrogen and oxygen atoms in total. The Kier molecular flexibility index (Phi) is 7.42. The highest BCUT2D eigenvalue weighted by Gasteiger charge is 2.34. The summed E-state index contributed by atoms with van der Waals surface area (Å²) in [7, 11) is 0. The van der Waals surface area contributed by atoms with Crippen molar-refractivity contribution < 1.29 is 14.3 Å². The van der Waals surface area contributed by atoms with Crippen LogP contribution in [-0.4, -0.2) is 23.2 Å². The van der Waals surface area contributed by atoms with Crippen LogP contribution in [-0.2, 0) is 9.53 Å². The van der Waals surface area contributed by atoms with Gasteiger partial charge in [0.2, 0.25) is 0 Å². The van der Waals surface area contributed by atoms with Crippen molar-refractivity contribution >= 4 is 45.8 Å². The lowest BCUT2D eigenvalue weighted by atomic mass is 9.96. The molecule has 0 N–H and O–H groups in total. The lowest BCUT2D eigenvalue weighted by Crippen LogP contribution is -2.40. The molecule has 39 heavy (non-hydrogen) atoms. The van der Waals surface area contributed by atoms with Gasteiger partial charge in [-0.25, -0.2) is 9.79 Å². The van der Waals surface area contributed by atoms with Crippen molar-refractivity contribution in [2.75, 3.05) is 6.61 Å². The van der Waals surface area contributed by atoms with Crippen LogP contribution in [0.1, 0.15) is 37.9 Å². The monoisotopic (exact) mass is 556 g/mol. The van der Waals surface area contributed by atoms with Gasteiger partial charge < -0.3 is 9.47 Å². The first kappa shape index (κ1) is 26.5. The SMILES string of the molecule is C#CCOc1ccc2ccccc2c1C=c1sc2n(c1=O)C(c1ccccc1Cl)C(C(=O)OC(C)C)=C(C)N=2. The van der Waals surface area contributed by atoms with E-state index in [1.54, 1.807) is 39.0 Å². The molecule has 1 aromatic heterocycles. The quantitative estimate of drug-likeness (QED) is 0.247. The van der Waals surface area contributed by atoms with Gasteiger partial charge in [-0.2, -0.15) is 0 Å². The van der Waals surface area contributed by atoms with E-state index >= 15 is 0 Å². The Hall–Kier alpha value is -4.12. The molecule has 0 saturated carbocycles. The zero-order valence-corrected chi connectivity index (χ0v) is 23.2. The second-order valence-electron chi connectivity index (χ2n) is 9.25. The maximum Gasteiger partial charge on any atom is 0.338 e. The summed E-state index contributed by atoms with van der Waals surface area (Å²) < 4.78 is 13.3. The molecule has 0 radical (unpaired) electrons. The van der Waals surface area contributed by atoms with E-state index in [2.05, 4.69) is 10.9 Å². The summed E-state index contributed by atoms with van der Waals surface area (Å²) in [5.41, 5.74) is 1.79. The first-order valence-electron chi connectivity index (χ1n) is 12.4. The summed E-state index contributed by atoms with van der Waals surface area (Å²) in [6.45, 7) is 5.39.